The van der Waals surface area contributed by atoms with Crippen LogP contribution in [0.1, 0.15) is 10.4 Å². The van der Waals surface area contributed by atoms with Crippen molar-refractivity contribution in [2.75, 3.05) is 0 Å². The fraction of sp³-hybridized carbons (Fsp3) is 0. The van der Waals surface area contributed by atoms with E-state index in [4.69, 9.17) is 23.2 Å². The molecular weight excluding hydrogens is 197 g/mol. The molecule has 0 aliphatic rings. The molecule has 1 aromatic carbocycles. The van der Waals surface area contributed by atoms with E-state index >= 15 is 0 Å². The minimum Gasteiger partial charge on any atom is -0.267 e. The van der Waals surface area contributed by atoms with Crippen LogP contribution in [-0.4, -0.2) is 12.6 Å². The SMILES string of the molecule is C=NC(=O)c1ccc(Cl)cc1Cl. The third-order valence-corrected chi connectivity index (χ3v) is 1.85. The summed E-state index contributed by atoms with van der Waals surface area (Å²) in [7, 11) is 0. The second-order valence-corrected chi connectivity index (χ2v) is 2.93. The van der Waals surface area contributed by atoms with Gasteiger partial charge in [-0.3, -0.25) is 4.79 Å². The smallest absolute Gasteiger partial charge is 0.267 e. The normalized spacial score (nSPS) is 9.50. The van der Waals surface area contributed by atoms with Crippen molar-refractivity contribution in [3.63, 3.8) is 0 Å². The van der Waals surface area contributed by atoms with Crippen molar-refractivity contribution in [2.24, 2.45) is 4.99 Å². The molecule has 1 rings (SSSR count). The van der Waals surface area contributed by atoms with Crippen LogP contribution >= 0.6 is 23.2 Å². The molecule has 0 aliphatic heterocycles. The fourth-order valence-electron chi connectivity index (χ4n) is 0.748. The zero-order chi connectivity index (χ0) is 9.14. The lowest BCUT2D eigenvalue weighted by Crippen LogP contribution is -1.94. The van der Waals surface area contributed by atoms with E-state index < -0.39 is 5.91 Å². The molecule has 12 heavy (non-hydrogen) atoms. The van der Waals surface area contributed by atoms with E-state index in [1.165, 1.54) is 12.1 Å². The molecule has 0 spiro atoms. The molecule has 0 saturated heterocycles. The fourth-order valence-corrected chi connectivity index (χ4v) is 1.24. The van der Waals surface area contributed by atoms with Crippen LogP contribution in [0.3, 0.4) is 0 Å². The number of nitrogens with zero attached hydrogens (tertiary/aromatic N) is 1. The Kier molecular flexibility index (Phi) is 2.84. The molecule has 62 valence electrons. The molecular formula is C8H5Cl2NO. The van der Waals surface area contributed by atoms with Gasteiger partial charge >= 0.3 is 0 Å². The van der Waals surface area contributed by atoms with E-state index in [1.807, 2.05) is 0 Å². The molecule has 0 heterocycles. The first-order valence-corrected chi connectivity index (χ1v) is 3.87. The second kappa shape index (κ2) is 3.70. The number of carbonyl (C=O) groups excluding carboxylic acids is 1. The summed E-state index contributed by atoms with van der Waals surface area (Å²) in [6.07, 6.45) is 0. The molecule has 1 amide bonds. The predicted molar refractivity (Wildman–Crippen MR) is 50.3 cm³/mol. The van der Waals surface area contributed by atoms with Crippen molar-refractivity contribution in [2.45, 2.75) is 0 Å². The number of halogens is 2. The zero-order valence-electron chi connectivity index (χ0n) is 6.05. The van der Waals surface area contributed by atoms with Gasteiger partial charge in [0.1, 0.15) is 0 Å². The van der Waals surface area contributed by atoms with Gasteiger partial charge in [0.2, 0.25) is 0 Å². The van der Waals surface area contributed by atoms with Gasteiger partial charge in [0, 0.05) is 5.02 Å². The largest absolute Gasteiger partial charge is 0.277 e. The van der Waals surface area contributed by atoms with Crippen molar-refractivity contribution in [1.29, 1.82) is 0 Å². The van der Waals surface area contributed by atoms with Gasteiger partial charge in [-0.25, -0.2) is 4.99 Å². The Morgan fingerprint density at radius 2 is 2.08 bits per heavy atom. The first-order valence-electron chi connectivity index (χ1n) is 3.11. The number of rotatable bonds is 1. The lowest BCUT2D eigenvalue weighted by molar-refractivity contribution is 0.100. The highest BCUT2D eigenvalue weighted by Crippen LogP contribution is 2.21. The molecule has 0 aliphatic carbocycles. The average molecular weight is 202 g/mol. The van der Waals surface area contributed by atoms with Crippen molar-refractivity contribution >= 4 is 35.8 Å². The summed E-state index contributed by atoms with van der Waals surface area (Å²) in [5.41, 5.74) is 0.316. The van der Waals surface area contributed by atoms with Gasteiger partial charge in [0.25, 0.3) is 5.91 Å². The van der Waals surface area contributed by atoms with Crippen molar-refractivity contribution in [3.8, 4) is 0 Å². The molecule has 0 N–H and O–H groups in total. The lowest BCUT2D eigenvalue weighted by Gasteiger charge is -1.98. The van der Waals surface area contributed by atoms with E-state index in [9.17, 15) is 4.79 Å². The van der Waals surface area contributed by atoms with E-state index in [0.29, 0.717) is 15.6 Å². The summed E-state index contributed by atoms with van der Waals surface area (Å²) < 4.78 is 0. The monoisotopic (exact) mass is 201 g/mol. The Bertz CT molecular complexity index is 336. The van der Waals surface area contributed by atoms with Crippen molar-refractivity contribution in [3.05, 3.63) is 33.8 Å². The predicted octanol–water partition coefficient (Wildman–Crippen LogP) is 2.83. The first kappa shape index (κ1) is 9.23. The lowest BCUT2D eigenvalue weighted by atomic mass is 10.2. The van der Waals surface area contributed by atoms with Crippen molar-refractivity contribution in [1.82, 2.24) is 0 Å². The van der Waals surface area contributed by atoms with E-state index in [2.05, 4.69) is 11.7 Å². The number of amides is 1. The van der Waals surface area contributed by atoms with E-state index in [0.717, 1.165) is 0 Å². The number of hydrogen-bond donors (Lipinski definition) is 0. The van der Waals surface area contributed by atoms with Crippen LogP contribution in [0.25, 0.3) is 0 Å². The molecule has 0 radical (unpaired) electrons. The van der Waals surface area contributed by atoms with Gasteiger partial charge in [0.15, 0.2) is 0 Å². The maximum Gasteiger partial charge on any atom is 0.277 e. The van der Waals surface area contributed by atoms with Gasteiger partial charge in [-0.2, -0.15) is 0 Å². The molecule has 4 heteroatoms. The van der Waals surface area contributed by atoms with Gasteiger partial charge in [0.05, 0.1) is 10.6 Å². The summed E-state index contributed by atoms with van der Waals surface area (Å²) in [6, 6.07) is 4.58. The number of hydrogen-bond acceptors (Lipinski definition) is 1. The summed E-state index contributed by atoms with van der Waals surface area (Å²) in [6.45, 7) is 3.11. The topological polar surface area (TPSA) is 29.4 Å². The highest BCUT2D eigenvalue weighted by molar-refractivity contribution is 6.36. The van der Waals surface area contributed by atoms with Crippen LogP contribution in [0.5, 0.6) is 0 Å². The minimum atomic E-state index is -0.448. The maximum absolute atomic E-state index is 11.0. The number of aliphatic imine (C=N–C) groups is 1. The van der Waals surface area contributed by atoms with Crippen LogP contribution in [0.2, 0.25) is 10.0 Å². The number of carbonyl (C=O) groups is 1. The van der Waals surface area contributed by atoms with Crippen LogP contribution in [-0.2, 0) is 0 Å². The Morgan fingerprint density at radius 3 is 2.58 bits per heavy atom. The second-order valence-electron chi connectivity index (χ2n) is 2.09. The number of benzene rings is 1. The van der Waals surface area contributed by atoms with Crippen LogP contribution in [0.15, 0.2) is 23.2 Å². The highest BCUT2D eigenvalue weighted by Gasteiger charge is 2.07. The Hall–Kier alpha value is -0.860. The molecule has 0 unspecified atom stereocenters. The molecule has 0 saturated carbocycles. The maximum atomic E-state index is 11.0. The van der Waals surface area contributed by atoms with Gasteiger partial charge in [-0.15, -0.1) is 0 Å². The summed E-state index contributed by atoms with van der Waals surface area (Å²) in [4.78, 5) is 14.2. The Labute approximate surface area is 79.8 Å². The van der Waals surface area contributed by atoms with Crippen molar-refractivity contribution < 1.29 is 4.79 Å². The minimum absolute atomic E-state index is 0.292. The Morgan fingerprint density at radius 1 is 1.42 bits per heavy atom. The molecule has 0 fully saturated rings. The molecule has 1 aromatic rings. The Balaban J connectivity index is 3.18. The third-order valence-electron chi connectivity index (χ3n) is 1.31. The summed E-state index contributed by atoms with van der Waals surface area (Å²) in [5.74, 6) is -0.448. The van der Waals surface area contributed by atoms with Crippen LogP contribution < -0.4 is 0 Å². The summed E-state index contributed by atoms with van der Waals surface area (Å²) >= 11 is 11.3. The van der Waals surface area contributed by atoms with Gasteiger partial charge < -0.3 is 0 Å². The van der Waals surface area contributed by atoms with Gasteiger partial charge in [-0.1, -0.05) is 23.2 Å². The molecule has 0 aromatic heterocycles. The van der Waals surface area contributed by atoms with Crippen LogP contribution in [0, 0.1) is 0 Å². The quantitative estimate of drug-likeness (QED) is 0.643. The average Bonchev–Trinajstić information content (AvgIpc) is 2.03. The standard InChI is InChI=1S/C8H5Cl2NO/c1-11-8(12)6-3-2-5(9)4-7(6)10/h2-4H,1H2. The molecule has 0 atom stereocenters. The van der Waals surface area contributed by atoms with Gasteiger partial charge in [-0.05, 0) is 24.9 Å². The third kappa shape index (κ3) is 1.84. The van der Waals surface area contributed by atoms with E-state index in [-0.39, 0.29) is 0 Å². The molecule has 0 bridgehead atoms. The first-order chi connectivity index (χ1) is 5.65. The van der Waals surface area contributed by atoms with Crippen LogP contribution in [0.4, 0.5) is 0 Å². The summed E-state index contributed by atoms with van der Waals surface area (Å²) in [5, 5.41) is 0.778. The molecule has 2 nitrogen and oxygen atoms in total. The highest BCUT2D eigenvalue weighted by atomic mass is 35.5. The van der Waals surface area contributed by atoms with E-state index in [1.54, 1.807) is 6.07 Å². The zero-order valence-corrected chi connectivity index (χ0v) is 7.56.